The number of fused-ring (bicyclic) bond motifs is 4. The minimum atomic E-state index is -1.42. The van der Waals surface area contributed by atoms with Crippen molar-refractivity contribution in [2.75, 3.05) is 0 Å². The number of rotatable bonds is 8. The number of furan rings is 2. The van der Waals surface area contributed by atoms with Gasteiger partial charge in [0, 0.05) is 56.2 Å². The topological polar surface area (TPSA) is 61.3 Å². The Morgan fingerprint density at radius 1 is 0.407 bits per heavy atom. The van der Waals surface area contributed by atoms with Crippen LogP contribution in [0.25, 0.3) is 88.6 Å². The average molecular weight is 801 g/mol. The summed E-state index contributed by atoms with van der Waals surface area (Å²) in [6.07, 6.45) is 3.71. The molecule has 0 aliphatic heterocycles. The summed E-state index contributed by atoms with van der Waals surface area (Å²) in [7, 11) is -2.84. The van der Waals surface area contributed by atoms with Gasteiger partial charge in [0.2, 0.25) is 0 Å². The van der Waals surface area contributed by atoms with Gasteiger partial charge in [-0.05, 0) is 59.3 Å². The Kier molecular flexibility index (Phi) is 8.77. The van der Waals surface area contributed by atoms with Gasteiger partial charge in [0.25, 0.3) is 0 Å². The summed E-state index contributed by atoms with van der Waals surface area (Å²) in [5.74, 6) is 3.09. The molecule has 6 aromatic carbocycles. The highest BCUT2D eigenvalue weighted by Crippen LogP contribution is 2.42. The molecule has 0 saturated carbocycles. The number of aromatic nitrogens is 2. The van der Waals surface area contributed by atoms with E-state index < -0.39 is 16.1 Å². The summed E-state index contributed by atoms with van der Waals surface area (Å²) in [6.45, 7) is 14.2. The second kappa shape index (κ2) is 14.1. The molecule has 0 amide bonds. The van der Waals surface area contributed by atoms with Crippen LogP contribution in [0.15, 0.2) is 167 Å². The predicted octanol–water partition coefficient (Wildman–Crippen LogP) is 13.8. The molecule has 4 aromatic heterocycles. The van der Waals surface area contributed by atoms with Crippen LogP contribution in [0.1, 0.15) is 0 Å². The van der Waals surface area contributed by atoms with Crippen molar-refractivity contribution in [3.05, 3.63) is 158 Å². The number of pyridine rings is 2. The summed E-state index contributed by atoms with van der Waals surface area (Å²) in [6, 6.07) is 51.1. The van der Waals surface area contributed by atoms with Gasteiger partial charge in [0.15, 0.2) is 11.2 Å². The summed E-state index contributed by atoms with van der Waals surface area (Å²) in [4.78, 5) is 9.79. The molecule has 10 rings (SSSR count). The Morgan fingerprint density at radius 2 is 0.814 bits per heavy atom. The largest absolute Gasteiger partial charge is 0.456 e. The highest BCUT2D eigenvalue weighted by atomic mass is 28.3. The Labute approximate surface area is 346 Å². The maximum Gasteiger partial charge on any atom is 0.161 e. The van der Waals surface area contributed by atoms with Crippen LogP contribution >= 0.6 is 0 Å². The lowest BCUT2D eigenvalue weighted by Gasteiger charge is -2.16. The van der Waals surface area contributed by atoms with E-state index in [-0.39, 0.29) is 0 Å². The van der Waals surface area contributed by atoms with Crippen molar-refractivity contribution in [3.63, 3.8) is 0 Å². The van der Waals surface area contributed by atoms with Gasteiger partial charge in [-0.25, -0.2) is 0 Å². The molecule has 4 heterocycles. The minimum Gasteiger partial charge on any atom is -0.456 e. The van der Waals surface area contributed by atoms with Gasteiger partial charge in [-0.2, -0.15) is 0 Å². The molecule has 0 aliphatic carbocycles. The molecule has 0 saturated heterocycles. The Balaban J connectivity index is 1.06. The van der Waals surface area contributed by atoms with Crippen molar-refractivity contribution in [1.82, 2.24) is 9.97 Å². The van der Waals surface area contributed by atoms with Crippen molar-refractivity contribution in [3.8, 4) is 56.7 Å². The molecule has 0 spiro atoms. The van der Waals surface area contributed by atoms with Gasteiger partial charge in [-0.15, -0.1) is 0 Å². The lowest BCUT2D eigenvalue weighted by molar-refractivity contribution is 0.494. The number of nitrogens with zero attached hydrogens (tertiary/aromatic N) is 2. The first kappa shape index (κ1) is 36.8. The first-order valence-corrected chi connectivity index (χ1v) is 27.2. The molecule has 288 valence electrons. The van der Waals surface area contributed by atoms with E-state index in [1.807, 2.05) is 36.7 Å². The Hall–Kier alpha value is -6.55. The van der Waals surface area contributed by atoms with Crippen LogP contribution in [0.3, 0.4) is 0 Å². The average Bonchev–Trinajstić information content (AvgIpc) is 3.89. The molecular formula is C52H44N2O3Si2. The van der Waals surface area contributed by atoms with Crippen LogP contribution in [0.5, 0.6) is 11.5 Å². The second-order valence-electron chi connectivity index (χ2n) is 17.5. The molecule has 7 heteroatoms. The van der Waals surface area contributed by atoms with Crippen LogP contribution in [0.4, 0.5) is 0 Å². The maximum atomic E-state index is 7.07. The zero-order chi connectivity index (χ0) is 40.5. The monoisotopic (exact) mass is 800 g/mol. The first-order chi connectivity index (χ1) is 28.5. The Morgan fingerprint density at radius 3 is 1.22 bits per heavy atom. The number of hydrogen-bond acceptors (Lipinski definition) is 5. The maximum absolute atomic E-state index is 7.07. The van der Waals surface area contributed by atoms with Crippen LogP contribution < -0.4 is 15.1 Å². The molecule has 0 fully saturated rings. The molecule has 0 N–H and O–H groups in total. The van der Waals surface area contributed by atoms with E-state index in [0.717, 1.165) is 100 Å². The van der Waals surface area contributed by atoms with Crippen molar-refractivity contribution in [1.29, 1.82) is 0 Å². The molecule has 59 heavy (non-hydrogen) atoms. The molecule has 0 radical (unpaired) electrons. The fourth-order valence-electron chi connectivity index (χ4n) is 8.01. The molecule has 0 unspecified atom stereocenters. The zero-order valence-corrected chi connectivity index (χ0v) is 36.1. The normalized spacial score (nSPS) is 12.2. The van der Waals surface area contributed by atoms with Gasteiger partial charge in [0.1, 0.15) is 34.4 Å². The van der Waals surface area contributed by atoms with Gasteiger partial charge < -0.3 is 13.6 Å². The third kappa shape index (κ3) is 6.86. The molecule has 0 aliphatic rings. The Bertz CT molecular complexity index is 2990. The summed E-state index contributed by atoms with van der Waals surface area (Å²) < 4.78 is 20.3. The van der Waals surface area contributed by atoms with E-state index in [1.54, 1.807) is 0 Å². The van der Waals surface area contributed by atoms with Crippen molar-refractivity contribution < 1.29 is 13.6 Å². The smallest absolute Gasteiger partial charge is 0.161 e. The fraction of sp³-hybridized carbons (Fsp3) is 0.115. The first-order valence-electron chi connectivity index (χ1n) is 20.2. The summed E-state index contributed by atoms with van der Waals surface area (Å²) >= 11 is 0. The molecular weight excluding hydrogens is 757 g/mol. The van der Waals surface area contributed by atoms with Gasteiger partial charge in [0.05, 0.1) is 16.1 Å². The minimum absolute atomic E-state index is 0.723. The van der Waals surface area contributed by atoms with E-state index in [9.17, 15) is 0 Å². The number of ether oxygens (including phenoxy) is 1. The molecule has 10 aromatic rings. The lowest BCUT2D eigenvalue weighted by Crippen LogP contribution is -2.37. The van der Waals surface area contributed by atoms with Gasteiger partial charge in [-0.3, -0.25) is 9.97 Å². The quantitative estimate of drug-likeness (QED) is 0.143. The van der Waals surface area contributed by atoms with Crippen LogP contribution in [-0.4, -0.2) is 26.1 Å². The highest BCUT2D eigenvalue weighted by molar-refractivity contribution is 6.89. The lowest BCUT2D eigenvalue weighted by atomic mass is 10.0. The van der Waals surface area contributed by atoms with Crippen molar-refractivity contribution in [2.24, 2.45) is 0 Å². The number of hydrogen-bond donors (Lipinski definition) is 0. The van der Waals surface area contributed by atoms with Crippen LogP contribution in [-0.2, 0) is 0 Å². The van der Waals surface area contributed by atoms with E-state index in [2.05, 4.69) is 161 Å². The van der Waals surface area contributed by atoms with Crippen LogP contribution in [0, 0.1) is 0 Å². The van der Waals surface area contributed by atoms with Gasteiger partial charge in [-0.1, -0.05) is 147 Å². The van der Waals surface area contributed by atoms with E-state index in [1.165, 1.54) is 10.4 Å². The predicted molar refractivity (Wildman–Crippen MR) is 251 cm³/mol. The molecule has 5 nitrogen and oxygen atoms in total. The molecule has 0 atom stereocenters. The standard InChI is InChI=1S/C52H44N2O3Si2/c1-58(2,3)41-19-15-33(16-20-41)45-29-37-23-25-53-49(51(37)56-45)39-27-35-11-7-9-13-43(35)47(31-39)55-48-32-40(28-36-12-8-10-14-44(36)48)50-52-38(24-26-54-50)30-46(57-52)34-17-21-42(22-18-34)59(4,5)6/h7-32H,1-6H3. The summed E-state index contributed by atoms with van der Waals surface area (Å²) in [5, 5.41) is 8.92. The van der Waals surface area contributed by atoms with E-state index in [0.29, 0.717) is 0 Å². The van der Waals surface area contributed by atoms with Crippen molar-refractivity contribution in [2.45, 2.75) is 39.3 Å². The SMILES string of the molecule is C[Si](C)(C)c1ccc(-c2cc3ccnc(-c4cc(Oc5cc(-c6nccc7cc(-c8ccc([Si](C)(C)C)cc8)oc67)cc6ccccc56)c5ccccc5c4)c3o2)cc1. The van der Waals surface area contributed by atoms with Crippen LogP contribution in [0.2, 0.25) is 39.3 Å². The van der Waals surface area contributed by atoms with Gasteiger partial charge >= 0.3 is 0 Å². The summed E-state index contributed by atoms with van der Waals surface area (Å²) in [5.41, 5.74) is 6.94. The van der Waals surface area contributed by atoms with Crippen molar-refractivity contribution >= 4 is 70.0 Å². The van der Waals surface area contributed by atoms with E-state index >= 15 is 0 Å². The third-order valence-electron chi connectivity index (χ3n) is 11.4. The molecule has 0 bridgehead atoms. The van der Waals surface area contributed by atoms with E-state index in [4.69, 9.17) is 23.5 Å². The zero-order valence-electron chi connectivity index (χ0n) is 34.1. The fourth-order valence-corrected chi connectivity index (χ4v) is 10.3. The number of benzene rings is 6. The highest BCUT2D eigenvalue weighted by Gasteiger charge is 2.21. The third-order valence-corrected chi connectivity index (χ3v) is 15.5. The second-order valence-corrected chi connectivity index (χ2v) is 27.7.